The van der Waals surface area contributed by atoms with Crippen LogP contribution in [0.2, 0.25) is 0 Å². The second-order valence-electron chi connectivity index (χ2n) is 4.25. The van der Waals surface area contributed by atoms with Crippen molar-refractivity contribution in [1.29, 1.82) is 0 Å². The topological polar surface area (TPSA) is 15.3 Å². The average molecular weight is 168 g/mol. The van der Waals surface area contributed by atoms with E-state index >= 15 is 0 Å². The second-order valence-corrected chi connectivity index (χ2v) is 4.25. The Kier molecular flexibility index (Phi) is 2.37. The third-order valence-electron chi connectivity index (χ3n) is 3.54. The van der Waals surface area contributed by atoms with Gasteiger partial charge < -0.3 is 5.32 Å². The summed E-state index contributed by atoms with van der Waals surface area (Å²) in [5.74, 6) is 0. The number of nitrogens with zero attached hydrogens (tertiary/aromatic N) is 1. The van der Waals surface area contributed by atoms with Crippen molar-refractivity contribution in [1.82, 2.24) is 10.2 Å². The van der Waals surface area contributed by atoms with Crippen LogP contribution in [0.3, 0.4) is 0 Å². The molecule has 2 rings (SSSR count). The van der Waals surface area contributed by atoms with Gasteiger partial charge in [0.05, 0.1) is 0 Å². The Morgan fingerprint density at radius 2 is 1.92 bits per heavy atom. The minimum atomic E-state index is 0.796. The lowest BCUT2D eigenvalue weighted by Crippen LogP contribution is -2.54. The summed E-state index contributed by atoms with van der Waals surface area (Å²) in [4.78, 5) is 2.75. The zero-order valence-corrected chi connectivity index (χ0v) is 8.21. The van der Waals surface area contributed by atoms with Gasteiger partial charge in [-0.05, 0) is 26.2 Å². The van der Waals surface area contributed by atoms with Crippen molar-refractivity contribution in [3.63, 3.8) is 0 Å². The maximum atomic E-state index is 3.51. The van der Waals surface area contributed by atoms with Gasteiger partial charge in [-0.25, -0.2) is 0 Å². The Morgan fingerprint density at radius 1 is 1.33 bits per heavy atom. The number of rotatable bonds is 2. The Hall–Kier alpha value is -0.0800. The Labute approximate surface area is 75.3 Å². The highest BCUT2D eigenvalue weighted by atomic mass is 15.3. The van der Waals surface area contributed by atoms with E-state index in [-0.39, 0.29) is 0 Å². The number of fused-ring (bicyclic) bond motifs is 2. The van der Waals surface area contributed by atoms with Crippen LogP contribution in [0.4, 0.5) is 0 Å². The van der Waals surface area contributed by atoms with Gasteiger partial charge in [0.25, 0.3) is 0 Å². The van der Waals surface area contributed by atoms with Crippen molar-refractivity contribution in [3.05, 3.63) is 0 Å². The third kappa shape index (κ3) is 1.27. The van der Waals surface area contributed by atoms with E-state index in [0.29, 0.717) is 0 Å². The lowest BCUT2D eigenvalue weighted by molar-refractivity contribution is 0.105. The van der Waals surface area contributed by atoms with Crippen molar-refractivity contribution >= 4 is 0 Å². The SMILES string of the molecule is CC[C@H](C)N1C2CCC1CNC2. The highest BCUT2D eigenvalue weighted by Crippen LogP contribution is 2.29. The van der Waals surface area contributed by atoms with Gasteiger partial charge in [0.2, 0.25) is 0 Å². The average Bonchev–Trinajstić information content (AvgIpc) is 2.35. The van der Waals surface area contributed by atoms with E-state index in [1.807, 2.05) is 0 Å². The minimum Gasteiger partial charge on any atom is -0.314 e. The maximum absolute atomic E-state index is 3.51. The molecule has 0 spiro atoms. The molecule has 2 saturated heterocycles. The number of hydrogen-bond acceptors (Lipinski definition) is 2. The van der Waals surface area contributed by atoms with E-state index in [2.05, 4.69) is 24.1 Å². The van der Waals surface area contributed by atoms with Gasteiger partial charge in [-0.1, -0.05) is 6.92 Å². The molecule has 12 heavy (non-hydrogen) atoms. The Balaban J connectivity index is 2.05. The molecule has 70 valence electrons. The van der Waals surface area contributed by atoms with E-state index in [1.54, 1.807) is 0 Å². The van der Waals surface area contributed by atoms with Crippen LogP contribution in [-0.2, 0) is 0 Å². The fraction of sp³-hybridized carbons (Fsp3) is 1.00. The normalized spacial score (nSPS) is 38.5. The highest BCUT2D eigenvalue weighted by Gasteiger charge is 2.38. The van der Waals surface area contributed by atoms with Crippen LogP contribution in [-0.4, -0.2) is 36.1 Å². The van der Waals surface area contributed by atoms with Crippen LogP contribution in [0.25, 0.3) is 0 Å². The zero-order valence-electron chi connectivity index (χ0n) is 8.21. The molecule has 0 amide bonds. The molecule has 1 N–H and O–H groups in total. The van der Waals surface area contributed by atoms with Crippen molar-refractivity contribution in [2.45, 2.75) is 51.2 Å². The van der Waals surface area contributed by atoms with Gasteiger partial charge in [-0.15, -0.1) is 0 Å². The number of nitrogens with one attached hydrogen (secondary N) is 1. The zero-order chi connectivity index (χ0) is 8.55. The van der Waals surface area contributed by atoms with Crippen molar-refractivity contribution < 1.29 is 0 Å². The van der Waals surface area contributed by atoms with E-state index < -0.39 is 0 Å². The monoisotopic (exact) mass is 168 g/mol. The van der Waals surface area contributed by atoms with E-state index in [9.17, 15) is 0 Å². The summed E-state index contributed by atoms with van der Waals surface area (Å²) in [7, 11) is 0. The fourth-order valence-corrected chi connectivity index (χ4v) is 2.74. The molecule has 3 atom stereocenters. The van der Waals surface area contributed by atoms with Gasteiger partial charge in [-0.3, -0.25) is 4.90 Å². The predicted octanol–water partition coefficient (Wildman–Crippen LogP) is 1.22. The molecule has 0 aliphatic carbocycles. The molecule has 0 saturated carbocycles. The first-order valence-corrected chi connectivity index (χ1v) is 5.31. The first kappa shape index (κ1) is 8.52. The molecule has 2 unspecified atom stereocenters. The van der Waals surface area contributed by atoms with Gasteiger partial charge in [0.1, 0.15) is 0 Å². The Bertz CT molecular complexity index is 142. The highest BCUT2D eigenvalue weighted by molar-refractivity contribution is 4.96. The molecular weight excluding hydrogens is 148 g/mol. The first-order valence-electron chi connectivity index (χ1n) is 5.31. The molecule has 0 aromatic rings. The van der Waals surface area contributed by atoms with Gasteiger partial charge in [0, 0.05) is 31.2 Å². The van der Waals surface area contributed by atoms with Crippen molar-refractivity contribution in [3.8, 4) is 0 Å². The van der Waals surface area contributed by atoms with Crippen LogP contribution >= 0.6 is 0 Å². The lowest BCUT2D eigenvalue weighted by Gasteiger charge is -2.39. The largest absolute Gasteiger partial charge is 0.314 e. The predicted molar refractivity (Wildman–Crippen MR) is 51.3 cm³/mol. The Morgan fingerprint density at radius 3 is 2.42 bits per heavy atom. The summed E-state index contributed by atoms with van der Waals surface area (Å²) < 4.78 is 0. The smallest absolute Gasteiger partial charge is 0.0227 e. The molecule has 0 aromatic heterocycles. The van der Waals surface area contributed by atoms with Crippen LogP contribution < -0.4 is 5.32 Å². The van der Waals surface area contributed by atoms with E-state index in [1.165, 1.54) is 32.4 Å². The quantitative estimate of drug-likeness (QED) is 0.667. The summed E-state index contributed by atoms with van der Waals surface area (Å²) >= 11 is 0. The molecule has 2 aliphatic heterocycles. The lowest BCUT2D eigenvalue weighted by atomic mass is 10.1. The molecule has 2 aliphatic rings. The molecule has 0 radical (unpaired) electrons. The summed E-state index contributed by atoms with van der Waals surface area (Å²) in [5, 5.41) is 3.51. The molecule has 2 fully saturated rings. The van der Waals surface area contributed by atoms with Gasteiger partial charge in [0.15, 0.2) is 0 Å². The number of piperazine rings is 1. The molecule has 0 aromatic carbocycles. The third-order valence-corrected chi connectivity index (χ3v) is 3.54. The van der Waals surface area contributed by atoms with Crippen LogP contribution in [0.15, 0.2) is 0 Å². The standard InChI is InChI=1S/C10H20N2/c1-3-8(2)12-9-4-5-10(12)7-11-6-9/h8-11H,3-7H2,1-2H3/t8-,9?,10?/m0/s1. The summed E-state index contributed by atoms with van der Waals surface area (Å²) in [6, 6.07) is 2.49. The molecule has 2 heteroatoms. The van der Waals surface area contributed by atoms with Crippen molar-refractivity contribution in [2.75, 3.05) is 13.1 Å². The van der Waals surface area contributed by atoms with Crippen molar-refractivity contribution in [2.24, 2.45) is 0 Å². The first-order chi connectivity index (χ1) is 5.83. The second kappa shape index (κ2) is 3.35. The fourth-order valence-electron chi connectivity index (χ4n) is 2.74. The minimum absolute atomic E-state index is 0.796. The summed E-state index contributed by atoms with van der Waals surface area (Å²) in [6.07, 6.45) is 4.14. The molecular formula is C10H20N2. The number of hydrogen-bond donors (Lipinski definition) is 1. The van der Waals surface area contributed by atoms with Crippen LogP contribution in [0.5, 0.6) is 0 Å². The van der Waals surface area contributed by atoms with Gasteiger partial charge in [-0.2, -0.15) is 0 Å². The van der Waals surface area contributed by atoms with E-state index in [4.69, 9.17) is 0 Å². The molecule has 2 heterocycles. The summed E-state index contributed by atoms with van der Waals surface area (Å²) in [6.45, 7) is 7.12. The van der Waals surface area contributed by atoms with Crippen LogP contribution in [0, 0.1) is 0 Å². The molecule has 2 nitrogen and oxygen atoms in total. The maximum Gasteiger partial charge on any atom is 0.0227 e. The van der Waals surface area contributed by atoms with Crippen LogP contribution in [0.1, 0.15) is 33.1 Å². The summed E-state index contributed by atoms with van der Waals surface area (Å²) in [5.41, 5.74) is 0. The van der Waals surface area contributed by atoms with Gasteiger partial charge >= 0.3 is 0 Å². The van der Waals surface area contributed by atoms with E-state index in [0.717, 1.165) is 18.1 Å². The molecule has 2 bridgehead atoms.